The molecule has 0 amide bonds. The van der Waals surface area contributed by atoms with Gasteiger partial charge in [-0.1, -0.05) is 100 Å². The molecule has 0 saturated carbocycles. The Labute approximate surface area is 320 Å². The van der Waals surface area contributed by atoms with E-state index in [9.17, 15) is 0 Å². The summed E-state index contributed by atoms with van der Waals surface area (Å²) >= 11 is 0. The molecule has 1 aliphatic carbocycles. The van der Waals surface area contributed by atoms with Crippen molar-refractivity contribution in [2.24, 2.45) is 11.8 Å². The second-order valence-electron chi connectivity index (χ2n) is 15.7. The van der Waals surface area contributed by atoms with Gasteiger partial charge in [-0.15, -0.1) is 0 Å². The minimum atomic E-state index is 0.630. The zero-order chi connectivity index (χ0) is 36.8. The first kappa shape index (κ1) is 33.7. The molecular formula is C52H46N2. The van der Waals surface area contributed by atoms with Crippen molar-refractivity contribution in [3.63, 3.8) is 0 Å². The third-order valence-electron chi connectivity index (χ3n) is 10.7. The topological polar surface area (TPSA) is 6.48 Å². The van der Waals surface area contributed by atoms with E-state index in [-0.39, 0.29) is 0 Å². The molecule has 0 bridgehead atoms. The van der Waals surface area contributed by atoms with Gasteiger partial charge >= 0.3 is 0 Å². The number of nitrogens with zero attached hydrogens (tertiary/aromatic N) is 2. The molecule has 0 radical (unpaired) electrons. The number of fused-ring (bicyclic) bond motifs is 6. The van der Waals surface area contributed by atoms with E-state index in [2.05, 4.69) is 207 Å². The molecule has 0 aromatic heterocycles. The van der Waals surface area contributed by atoms with Gasteiger partial charge in [-0.25, -0.2) is 0 Å². The van der Waals surface area contributed by atoms with Gasteiger partial charge in [-0.05, 0) is 177 Å². The van der Waals surface area contributed by atoms with Crippen LogP contribution in [0.3, 0.4) is 0 Å². The normalized spacial score (nSPS) is 11.8. The molecule has 2 nitrogen and oxygen atoms in total. The summed E-state index contributed by atoms with van der Waals surface area (Å²) in [6.45, 7) is 9.11. The Morgan fingerprint density at radius 1 is 0.315 bits per heavy atom. The summed E-state index contributed by atoms with van der Waals surface area (Å²) in [5.41, 5.74) is 15.0. The molecular weight excluding hydrogens is 653 g/mol. The number of benzene rings is 8. The van der Waals surface area contributed by atoms with Crippen LogP contribution in [-0.4, -0.2) is 0 Å². The molecule has 8 aromatic rings. The maximum absolute atomic E-state index is 2.40. The Morgan fingerprint density at radius 3 is 0.981 bits per heavy atom. The van der Waals surface area contributed by atoms with Gasteiger partial charge in [0.1, 0.15) is 0 Å². The van der Waals surface area contributed by atoms with Crippen LogP contribution < -0.4 is 9.80 Å². The van der Waals surface area contributed by atoms with E-state index in [1.807, 2.05) is 0 Å². The molecule has 0 atom stereocenters. The molecule has 0 fully saturated rings. The van der Waals surface area contributed by atoms with Crippen LogP contribution in [0.2, 0.25) is 0 Å². The van der Waals surface area contributed by atoms with E-state index in [1.165, 1.54) is 66.3 Å². The summed E-state index contributed by atoms with van der Waals surface area (Å²) in [5.74, 6) is 1.26. The Balaban J connectivity index is 1.08. The number of anilines is 6. The second kappa shape index (κ2) is 14.0. The maximum atomic E-state index is 2.40. The van der Waals surface area contributed by atoms with Crippen LogP contribution in [0.4, 0.5) is 34.1 Å². The lowest BCUT2D eigenvalue weighted by Gasteiger charge is -2.28. The van der Waals surface area contributed by atoms with Gasteiger partial charge in [0.2, 0.25) is 0 Å². The minimum Gasteiger partial charge on any atom is -0.310 e. The molecule has 0 heterocycles. The van der Waals surface area contributed by atoms with Gasteiger partial charge in [0.15, 0.2) is 0 Å². The zero-order valence-corrected chi connectivity index (χ0v) is 31.6. The average molecular weight is 699 g/mol. The van der Waals surface area contributed by atoms with Crippen molar-refractivity contribution in [3.05, 3.63) is 181 Å². The van der Waals surface area contributed by atoms with Gasteiger partial charge in [-0.3, -0.25) is 0 Å². The number of para-hydroxylation sites is 2. The van der Waals surface area contributed by atoms with E-state index in [1.54, 1.807) is 0 Å². The molecule has 0 N–H and O–H groups in total. The Kier molecular flexibility index (Phi) is 8.75. The van der Waals surface area contributed by atoms with Crippen molar-refractivity contribution in [1.29, 1.82) is 0 Å². The first-order valence-corrected chi connectivity index (χ1v) is 19.4. The molecule has 8 aromatic carbocycles. The predicted molar refractivity (Wildman–Crippen MR) is 232 cm³/mol. The van der Waals surface area contributed by atoms with E-state index in [0.717, 1.165) is 35.6 Å². The monoisotopic (exact) mass is 698 g/mol. The third-order valence-corrected chi connectivity index (χ3v) is 10.7. The largest absolute Gasteiger partial charge is 0.310 e. The van der Waals surface area contributed by atoms with E-state index in [4.69, 9.17) is 0 Å². The molecule has 0 saturated heterocycles. The van der Waals surface area contributed by atoms with E-state index in [0.29, 0.717) is 11.8 Å². The fraction of sp³-hybridized carbons (Fsp3) is 0.154. The molecule has 54 heavy (non-hydrogen) atoms. The molecule has 264 valence electrons. The quantitative estimate of drug-likeness (QED) is 0.140. The molecule has 1 aliphatic rings. The van der Waals surface area contributed by atoms with Crippen LogP contribution in [-0.2, 0) is 12.8 Å². The number of rotatable bonds is 10. The fourth-order valence-electron chi connectivity index (χ4n) is 8.23. The highest BCUT2D eigenvalue weighted by atomic mass is 15.1. The summed E-state index contributed by atoms with van der Waals surface area (Å²) in [4.78, 5) is 4.74. The van der Waals surface area contributed by atoms with Gasteiger partial charge < -0.3 is 9.80 Å². The SMILES string of the molecule is CC(C)Cc1ccc(N(c2ccccc2)c2ccc3cc4c(cc3c2)-c2cc3cc(N(c5ccccc5)c5ccc(CC(C)C)cc5)ccc3cc2-4)cc1. The van der Waals surface area contributed by atoms with E-state index >= 15 is 0 Å². The lowest BCUT2D eigenvalue weighted by molar-refractivity contribution is 0.647. The van der Waals surface area contributed by atoms with Crippen molar-refractivity contribution in [2.45, 2.75) is 40.5 Å². The summed E-state index contributed by atoms with van der Waals surface area (Å²) < 4.78 is 0. The summed E-state index contributed by atoms with van der Waals surface area (Å²) in [6, 6.07) is 63.0. The van der Waals surface area contributed by atoms with Crippen LogP contribution in [0.1, 0.15) is 38.8 Å². The van der Waals surface area contributed by atoms with Gasteiger partial charge in [0.25, 0.3) is 0 Å². The van der Waals surface area contributed by atoms with Crippen molar-refractivity contribution < 1.29 is 0 Å². The first-order chi connectivity index (χ1) is 26.4. The first-order valence-electron chi connectivity index (χ1n) is 19.4. The smallest absolute Gasteiger partial charge is 0.0468 e. The summed E-state index contributed by atoms with van der Waals surface area (Å²) in [7, 11) is 0. The molecule has 9 rings (SSSR count). The Hall–Kier alpha value is -6.12. The van der Waals surface area contributed by atoms with Crippen molar-refractivity contribution >= 4 is 55.7 Å². The molecule has 0 aliphatic heterocycles. The number of hydrogen-bond acceptors (Lipinski definition) is 2. The van der Waals surface area contributed by atoms with Gasteiger partial charge in [-0.2, -0.15) is 0 Å². The van der Waals surface area contributed by atoms with Crippen LogP contribution >= 0.6 is 0 Å². The van der Waals surface area contributed by atoms with Gasteiger partial charge in [0.05, 0.1) is 0 Å². The summed E-state index contributed by atoms with van der Waals surface area (Å²) in [6.07, 6.45) is 2.17. The third kappa shape index (κ3) is 6.43. The van der Waals surface area contributed by atoms with Crippen LogP contribution in [0.5, 0.6) is 0 Å². The highest BCUT2D eigenvalue weighted by Crippen LogP contribution is 2.51. The molecule has 0 unspecified atom stereocenters. The maximum Gasteiger partial charge on any atom is 0.0468 e. The minimum absolute atomic E-state index is 0.630. The lowest BCUT2D eigenvalue weighted by atomic mass is 9.78. The van der Waals surface area contributed by atoms with Crippen LogP contribution in [0.25, 0.3) is 43.8 Å². The highest BCUT2D eigenvalue weighted by Gasteiger charge is 2.25. The summed E-state index contributed by atoms with van der Waals surface area (Å²) in [5, 5.41) is 5.02. The standard InChI is InChI=1S/C52H46N2/c1-35(2)27-37-15-21-45(22-16-37)53(43-11-7-5-8-12-43)47-25-19-39-31-49-50-32-40-20-26-48(30-42(40)34-52(50)51(49)33-41(39)29-47)54(44-13-9-6-10-14-44)46-23-17-38(18-24-46)28-36(3)4/h5-26,29-36H,27-28H2,1-4H3. The molecule has 0 spiro atoms. The molecule has 2 heteroatoms. The van der Waals surface area contributed by atoms with Crippen LogP contribution in [0, 0.1) is 11.8 Å². The average Bonchev–Trinajstić information content (AvgIpc) is 3.18. The lowest BCUT2D eigenvalue weighted by Crippen LogP contribution is -2.10. The van der Waals surface area contributed by atoms with Crippen molar-refractivity contribution in [2.75, 3.05) is 9.80 Å². The number of hydrogen-bond donors (Lipinski definition) is 0. The fourth-order valence-corrected chi connectivity index (χ4v) is 8.23. The van der Waals surface area contributed by atoms with Gasteiger partial charge in [0, 0.05) is 34.1 Å². The van der Waals surface area contributed by atoms with Crippen molar-refractivity contribution in [3.8, 4) is 22.3 Å². The van der Waals surface area contributed by atoms with Crippen molar-refractivity contribution in [1.82, 2.24) is 0 Å². The Morgan fingerprint density at radius 2 is 0.630 bits per heavy atom. The second-order valence-corrected chi connectivity index (χ2v) is 15.7. The van der Waals surface area contributed by atoms with Crippen LogP contribution in [0.15, 0.2) is 170 Å². The van der Waals surface area contributed by atoms with E-state index < -0.39 is 0 Å². The zero-order valence-electron chi connectivity index (χ0n) is 31.6. The highest BCUT2D eigenvalue weighted by molar-refractivity contribution is 6.12. The Bertz CT molecular complexity index is 2400. The predicted octanol–water partition coefficient (Wildman–Crippen LogP) is 15.0.